The fraction of sp³-hybridized carbons (Fsp3) is 0.368. The van der Waals surface area contributed by atoms with Crippen molar-refractivity contribution in [3.05, 3.63) is 71.4 Å². The van der Waals surface area contributed by atoms with Gasteiger partial charge in [0.25, 0.3) is 0 Å². The van der Waals surface area contributed by atoms with Crippen LogP contribution in [-0.4, -0.2) is 0 Å². The fourth-order valence-electron chi connectivity index (χ4n) is 1.75. The molecule has 0 amide bonds. The highest BCUT2D eigenvalue weighted by Crippen LogP contribution is 2.20. The molecule has 19 heavy (non-hydrogen) atoms. The van der Waals surface area contributed by atoms with Gasteiger partial charge in [0.1, 0.15) is 0 Å². The van der Waals surface area contributed by atoms with E-state index in [-0.39, 0.29) is 7.43 Å². The summed E-state index contributed by atoms with van der Waals surface area (Å²) in [6.45, 7) is 10.6. The maximum absolute atomic E-state index is 4.16. The van der Waals surface area contributed by atoms with E-state index in [2.05, 4.69) is 69.9 Å². The minimum absolute atomic E-state index is 0. The van der Waals surface area contributed by atoms with Crippen LogP contribution in [0.25, 0.3) is 0 Å². The number of allylic oxidation sites excluding steroid dienone is 11. The lowest BCUT2D eigenvalue weighted by Gasteiger charge is -2.02. The summed E-state index contributed by atoms with van der Waals surface area (Å²) in [5.41, 5.74) is 5.20. The van der Waals surface area contributed by atoms with Gasteiger partial charge in [0, 0.05) is 0 Å². The Morgan fingerprint density at radius 2 is 2.11 bits per heavy atom. The van der Waals surface area contributed by atoms with Crippen LogP contribution in [0, 0.1) is 0 Å². The quantitative estimate of drug-likeness (QED) is 0.399. The van der Waals surface area contributed by atoms with Gasteiger partial charge in [-0.3, -0.25) is 0 Å². The zero-order chi connectivity index (χ0) is 13.4. The number of hydrogen-bond acceptors (Lipinski definition) is 0. The first kappa shape index (κ1) is 17.4. The highest BCUT2D eigenvalue weighted by molar-refractivity contribution is 5.44. The first-order valence-corrected chi connectivity index (χ1v) is 6.71. The number of rotatable bonds is 5. The Morgan fingerprint density at radius 3 is 2.74 bits per heavy atom. The molecule has 104 valence electrons. The predicted octanol–water partition coefficient (Wildman–Crippen LogP) is 6.31. The molecule has 0 saturated heterocycles. The van der Waals surface area contributed by atoms with Crippen molar-refractivity contribution in [2.45, 2.75) is 47.5 Å². The van der Waals surface area contributed by atoms with Crippen LogP contribution in [0.1, 0.15) is 47.5 Å². The molecule has 1 aliphatic carbocycles. The van der Waals surface area contributed by atoms with Gasteiger partial charge in [0.15, 0.2) is 0 Å². The van der Waals surface area contributed by atoms with Crippen molar-refractivity contribution < 1.29 is 0 Å². The molecule has 0 fully saturated rings. The molecule has 1 aliphatic rings. The summed E-state index contributed by atoms with van der Waals surface area (Å²) in [5.74, 6) is 0. The molecule has 1 rings (SSSR count). The van der Waals surface area contributed by atoms with Gasteiger partial charge in [0.05, 0.1) is 0 Å². The van der Waals surface area contributed by atoms with Crippen molar-refractivity contribution in [1.29, 1.82) is 0 Å². The van der Waals surface area contributed by atoms with Gasteiger partial charge in [-0.1, -0.05) is 69.0 Å². The van der Waals surface area contributed by atoms with Gasteiger partial charge in [-0.2, -0.15) is 0 Å². The molecule has 0 nitrogen and oxygen atoms in total. The van der Waals surface area contributed by atoms with Gasteiger partial charge in [-0.15, -0.1) is 0 Å². The third kappa shape index (κ3) is 6.24. The summed E-state index contributed by atoms with van der Waals surface area (Å²) in [6, 6.07) is 0. The van der Waals surface area contributed by atoms with Gasteiger partial charge >= 0.3 is 0 Å². The van der Waals surface area contributed by atoms with Gasteiger partial charge < -0.3 is 0 Å². The molecule has 0 unspecified atom stereocenters. The Bertz CT molecular complexity index is 437. The zero-order valence-electron chi connectivity index (χ0n) is 11.9. The van der Waals surface area contributed by atoms with Crippen molar-refractivity contribution in [2.24, 2.45) is 0 Å². The molecular weight excluding hydrogens is 228 g/mol. The highest BCUT2D eigenvalue weighted by atomic mass is 14.1. The van der Waals surface area contributed by atoms with E-state index < -0.39 is 0 Å². The highest BCUT2D eigenvalue weighted by Gasteiger charge is 2.00. The minimum atomic E-state index is 0. The third-order valence-electron chi connectivity index (χ3n) is 3.24. The normalized spacial score (nSPS) is 15.6. The smallest absolute Gasteiger partial charge is 0.00885 e. The second-order valence-corrected chi connectivity index (χ2v) is 4.66. The second-order valence-electron chi connectivity index (χ2n) is 4.66. The second kappa shape index (κ2) is 9.38. The first-order valence-electron chi connectivity index (χ1n) is 6.71. The molecule has 0 heteroatoms. The van der Waals surface area contributed by atoms with Crippen LogP contribution in [0.5, 0.6) is 0 Å². The lowest BCUT2D eigenvalue weighted by molar-refractivity contribution is 1.15. The van der Waals surface area contributed by atoms with Crippen molar-refractivity contribution in [3.63, 3.8) is 0 Å². The van der Waals surface area contributed by atoms with E-state index in [0.29, 0.717) is 0 Å². The topological polar surface area (TPSA) is 0 Å². The molecule has 0 atom stereocenters. The summed E-state index contributed by atoms with van der Waals surface area (Å²) in [4.78, 5) is 0. The van der Waals surface area contributed by atoms with E-state index in [9.17, 15) is 0 Å². The van der Waals surface area contributed by atoms with Gasteiger partial charge in [-0.05, 0) is 49.8 Å². The standard InChI is InChI=1S/C18H24.CH4/c1-5-15(3)9-7-10-16(4)18-12-8-11-17(6-2)13-14-18;/h5,7-8,10-11,13-14H,4,6,9,12H2,1-3H3;1H4/b10-7-,15-5-;. The Hall–Kier alpha value is -1.56. The molecule has 0 saturated carbocycles. The van der Waals surface area contributed by atoms with Crippen LogP contribution >= 0.6 is 0 Å². The molecule has 0 aliphatic heterocycles. The molecule has 0 spiro atoms. The van der Waals surface area contributed by atoms with Crippen molar-refractivity contribution in [2.75, 3.05) is 0 Å². The average Bonchev–Trinajstić information content (AvgIpc) is 2.63. The predicted molar refractivity (Wildman–Crippen MR) is 89.3 cm³/mol. The van der Waals surface area contributed by atoms with Crippen LogP contribution in [0.2, 0.25) is 0 Å². The molecule has 0 heterocycles. The van der Waals surface area contributed by atoms with Gasteiger partial charge in [0.2, 0.25) is 0 Å². The summed E-state index contributed by atoms with van der Waals surface area (Å²) in [7, 11) is 0. The van der Waals surface area contributed by atoms with Crippen LogP contribution in [0.3, 0.4) is 0 Å². The Balaban J connectivity index is 0.00000324. The van der Waals surface area contributed by atoms with Crippen molar-refractivity contribution in [3.8, 4) is 0 Å². The molecule has 0 aromatic rings. The summed E-state index contributed by atoms with van der Waals surface area (Å²) in [6.07, 6.45) is 18.4. The van der Waals surface area contributed by atoms with E-state index in [1.54, 1.807) is 0 Å². The first-order chi connectivity index (χ1) is 8.67. The molecule has 0 radical (unpaired) electrons. The fourth-order valence-corrected chi connectivity index (χ4v) is 1.75. The van der Waals surface area contributed by atoms with E-state index >= 15 is 0 Å². The number of hydrogen-bond donors (Lipinski definition) is 0. The van der Waals surface area contributed by atoms with Gasteiger partial charge in [-0.25, -0.2) is 0 Å². The van der Waals surface area contributed by atoms with Crippen LogP contribution < -0.4 is 0 Å². The summed E-state index contributed by atoms with van der Waals surface area (Å²) >= 11 is 0. The minimum Gasteiger partial charge on any atom is -0.0915 e. The lowest BCUT2D eigenvalue weighted by atomic mass is 10.0. The maximum Gasteiger partial charge on any atom is -0.00885 e. The molecule has 0 N–H and O–H groups in total. The Morgan fingerprint density at radius 1 is 1.37 bits per heavy atom. The Kier molecular flexibility index (Phi) is 8.61. The molecule has 0 bridgehead atoms. The average molecular weight is 256 g/mol. The van der Waals surface area contributed by atoms with Crippen LogP contribution in [0.4, 0.5) is 0 Å². The van der Waals surface area contributed by atoms with Crippen LogP contribution in [0.15, 0.2) is 71.4 Å². The van der Waals surface area contributed by atoms with E-state index in [4.69, 9.17) is 0 Å². The summed E-state index contributed by atoms with van der Waals surface area (Å²) < 4.78 is 0. The third-order valence-corrected chi connectivity index (χ3v) is 3.24. The van der Waals surface area contributed by atoms with Crippen molar-refractivity contribution in [1.82, 2.24) is 0 Å². The molecular formula is C19H28. The van der Waals surface area contributed by atoms with Crippen molar-refractivity contribution >= 4 is 0 Å². The van der Waals surface area contributed by atoms with E-state index in [1.807, 2.05) is 0 Å². The van der Waals surface area contributed by atoms with Crippen LogP contribution in [-0.2, 0) is 0 Å². The molecule has 0 aromatic carbocycles. The maximum atomic E-state index is 4.16. The molecule has 0 aromatic heterocycles. The largest absolute Gasteiger partial charge is 0.0915 e. The summed E-state index contributed by atoms with van der Waals surface area (Å²) in [5, 5.41) is 0. The SMILES string of the molecule is C.C=C(/C=C\C/C(C)=C\C)C1=CC=C(CC)C=CC1. The van der Waals surface area contributed by atoms with E-state index in [0.717, 1.165) is 24.8 Å². The monoisotopic (exact) mass is 256 g/mol. The lowest BCUT2D eigenvalue weighted by Crippen LogP contribution is -1.83. The van der Waals surface area contributed by atoms with E-state index in [1.165, 1.54) is 16.7 Å². The Labute approximate surface area is 119 Å². The zero-order valence-corrected chi connectivity index (χ0v) is 11.9.